The molecule has 0 atom stereocenters. The smallest absolute Gasteiger partial charge is 0.255 e. The highest BCUT2D eigenvalue weighted by molar-refractivity contribution is 7.98. The lowest BCUT2D eigenvalue weighted by atomic mass is 10.1. The van der Waals surface area contributed by atoms with E-state index in [-0.39, 0.29) is 10.8 Å². The zero-order valence-electron chi connectivity index (χ0n) is 15.5. The second-order valence-electron chi connectivity index (χ2n) is 6.92. The Morgan fingerprint density at radius 2 is 1.65 bits per heavy atom. The maximum Gasteiger partial charge on any atom is 0.255 e. The number of nitrogens with zero attached hydrogens (tertiary/aromatic N) is 3. The van der Waals surface area contributed by atoms with E-state index in [0.717, 1.165) is 50.3 Å². The number of carbonyl (C=O) groups excluding carboxylic acids is 1. The fourth-order valence-electron chi connectivity index (χ4n) is 3.46. The Labute approximate surface area is 160 Å². The van der Waals surface area contributed by atoms with E-state index in [1.165, 1.54) is 16.1 Å². The highest BCUT2D eigenvalue weighted by atomic mass is 32.2. The molecule has 3 rings (SSSR count). The lowest BCUT2D eigenvalue weighted by Crippen LogP contribution is -2.47. The molecule has 2 fully saturated rings. The first-order chi connectivity index (χ1) is 12.4. The molecule has 2 heterocycles. The number of thioether (sulfide) groups is 1. The molecule has 26 heavy (non-hydrogen) atoms. The summed E-state index contributed by atoms with van der Waals surface area (Å²) in [4.78, 5) is 18.0. The van der Waals surface area contributed by atoms with Gasteiger partial charge in [-0.25, -0.2) is 8.42 Å². The molecule has 2 aliphatic rings. The van der Waals surface area contributed by atoms with Crippen molar-refractivity contribution < 1.29 is 13.2 Å². The van der Waals surface area contributed by atoms with Gasteiger partial charge in [0.15, 0.2) is 0 Å². The van der Waals surface area contributed by atoms with Crippen LogP contribution in [-0.2, 0) is 10.0 Å². The van der Waals surface area contributed by atoms with Crippen molar-refractivity contribution in [2.24, 2.45) is 0 Å². The molecule has 1 aromatic rings. The SMILES string of the molecule is CSc1ccc(S(=O)(=O)N2CCN(C)CC2)cc1C(=O)N1CCCCC1. The third-order valence-electron chi connectivity index (χ3n) is 5.14. The average molecular weight is 398 g/mol. The molecule has 0 aromatic heterocycles. The topological polar surface area (TPSA) is 60.9 Å². The zero-order chi connectivity index (χ0) is 18.7. The fourth-order valence-corrected chi connectivity index (χ4v) is 5.48. The van der Waals surface area contributed by atoms with Crippen LogP contribution in [0, 0.1) is 0 Å². The van der Waals surface area contributed by atoms with Gasteiger partial charge in [0.25, 0.3) is 5.91 Å². The summed E-state index contributed by atoms with van der Waals surface area (Å²) in [6, 6.07) is 4.98. The monoisotopic (exact) mass is 397 g/mol. The molecule has 0 saturated carbocycles. The van der Waals surface area contributed by atoms with Crippen molar-refractivity contribution in [3.63, 3.8) is 0 Å². The number of piperidine rings is 1. The number of piperazine rings is 1. The Morgan fingerprint density at radius 1 is 1.00 bits per heavy atom. The third-order valence-corrected chi connectivity index (χ3v) is 7.84. The van der Waals surface area contributed by atoms with Gasteiger partial charge in [-0.1, -0.05) is 0 Å². The molecular formula is C18H27N3O3S2. The van der Waals surface area contributed by atoms with Crippen LogP contribution in [0.3, 0.4) is 0 Å². The Morgan fingerprint density at radius 3 is 2.27 bits per heavy atom. The van der Waals surface area contributed by atoms with Crippen LogP contribution in [0.4, 0.5) is 0 Å². The molecule has 6 nitrogen and oxygen atoms in total. The Kier molecular flexibility index (Phi) is 6.27. The van der Waals surface area contributed by atoms with Gasteiger partial charge < -0.3 is 9.80 Å². The molecule has 0 unspecified atom stereocenters. The standard InChI is InChI=1S/C18H27N3O3S2/c1-19-10-12-21(13-11-19)26(23,24)15-6-7-17(25-2)16(14-15)18(22)20-8-4-3-5-9-20/h6-7,14H,3-5,8-13H2,1-2H3. The van der Waals surface area contributed by atoms with Gasteiger partial charge in [0.05, 0.1) is 10.5 Å². The van der Waals surface area contributed by atoms with Crippen LogP contribution in [0.2, 0.25) is 0 Å². The highest BCUT2D eigenvalue weighted by Crippen LogP contribution is 2.28. The molecule has 2 saturated heterocycles. The Balaban J connectivity index is 1.90. The van der Waals surface area contributed by atoms with Crippen LogP contribution in [0.5, 0.6) is 0 Å². The molecular weight excluding hydrogens is 370 g/mol. The summed E-state index contributed by atoms with van der Waals surface area (Å²) < 4.78 is 27.6. The minimum absolute atomic E-state index is 0.0514. The predicted molar refractivity (Wildman–Crippen MR) is 104 cm³/mol. The van der Waals surface area contributed by atoms with E-state index in [9.17, 15) is 13.2 Å². The molecule has 0 aliphatic carbocycles. The quantitative estimate of drug-likeness (QED) is 0.727. The molecule has 2 aliphatic heterocycles. The molecule has 1 amide bonds. The summed E-state index contributed by atoms with van der Waals surface area (Å²) in [6.45, 7) is 3.92. The first kappa shape index (κ1) is 19.7. The number of likely N-dealkylation sites (tertiary alicyclic amines) is 1. The predicted octanol–water partition coefficient (Wildman–Crippen LogP) is 1.97. The van der Waals surface area contributed by atoms with Crippen molar-refractivity contribution in [3.8, 4) is 0 Å². The molecule has 0 radical (unpaired) electrons. The van der Waals surface area contributed by atoms with Gasteiger partial charge >= 0.3 is 0 Å². The van der Waals surface area contributed by atoms with Crippen molar-refractivity contribution in [1.29, 1.82) is 0 Å². The number of likely N-dealkylation sites (N-methyl/N-ethyl adjacent to an activating group) is 1. The molecule has 1 aromatic carbocycles. The summed E-state index contributed by atoms with van der Waals surface area (Å²) in [5, 5.41) is 0. The third kappa shape index (κ3) is 4.08. The molecule has 144 valence electrons. The zero-order valence-corrected chi connectivity index (χ0v) is 17.1. The number of benzene rings is 1. The summed E-state index contributed by atoms with van der Waals surface area (Å²) in [7, 11) is -1.58. The van der Waals surface area contributed by atoms with E-state index in [1.807, 2.05) is 18.2 Å². The van der Waals surface area contributed by atoms with Gasteiger partial charge in [-0.3, -0.25) is 4.79 Å². The number of rotatable bonds is 4. The minimum Gasteiger partial charge on any atom is -0.339 e. The van der Waals surface area contributed by atoms with Crippen molar-refractivity contribution in [3.05, 3.63) is 23.8 Å². The molecule has 8 heteroatoms. The van der Waals surface area contributed by atoms with Gasteiger partial charge in [-0.05, 0) is 50.8 Å². The van der Waals surface area contributed by atoms with E-state index in [2.05, 4.69) is 4.90 Å². The molecule has 0 bridgehead atoms. The highest BCUT2D eigenvalue weighted by Gasteiger charge is 2.29. The Hall–Kier alpha value is -1.09. The maximum absolute atomic E-state index is 13.0. The minimum atomic E-state index is -3.57. The van der Waals surface area contributed by atoms with Gasteiger partial charge in [0.2, 0.25) is 10.0 Å². The van der Waals surface area contributed by atoms with Gasteiger partial charge in [0.1, 0.15) is 0 Å². The van der Waals surface area contributed by atoms with E-state index >= 15 is 0 Å². The van der Waals surface area contributed by atoms with Gasteiger partial charge in [-0.2, -0.15) is 4.31 Å². The maximum atomic E-state index is 13.0. The van der Waals surface area contributed by atoms with E-state index in [1.54, 1.807) is 18.2 Å². The summed E-state index contributed by atoms with van der Waals surface area (Å²) in [5.41, 5.74) is 0.509. The van der Waals surface area contributed by atoms with Gasteiger partial charge in [-0.15, -0.1) is 11.8 Å². The summed E-state index contributed by atoms with van der Waals surface area (Å²) in [5.74, 6) is -0.0514. The average Bonchev–Trinajstić information content (AvgIpc) is 2.68. The van der Waals surface area contributed by atoms with Crippen molar-refractivity contribution in [2.45, 2.75) is 29.1 Å². The van der Waals surface area contributed by atoms with E-state index in [4.69, 9.17) is 0 Å². The number of hydrogen-bond acceptors (Lipinski definition) is 5. The van der Waals surface area contributed by atoms with Crippen LogP contribution >= 0.6 is 11.8 Å². The van der Waals surface area contributed by atoms with E-state index in [0.29, 0.717) is 18.7 Å². The first-order valence-corrected chi connectivity index (χ1v) is 11.8. The van der Waals surface area contributed by atoms with E-state index < -0.39 is 10.0 Å². The number of amides is 1. The summed E-state index contributed by atoms with van der Waals surface area (Å²) in [6.07, 6.45) is 5.09. The first-order valence-electron chi connectivity index (χ1n) is 9.09. The lowest BCUT2D eigenvalue weighted by molar-refractivity contribution is 0.0720. The van der Waals surface area contributed by atoms with Crippen molar-refractivity contribution in [1.82, 2.24) is 14.1 Å². The molecule has 0 N–H and O–H groups in total. The largest absolute Gasteiger partial charge is 0.339 e. The van der Waals surface area contributed by atoms with Crippen molar-refractivity contribution in [2.75, 3.05) is 52.6 Å². The normalized spacial score (nSPS) is 20.3. The fraction of sp³-hybridized carbons (Fsp3) is 0.611. The lowest BCUT2D eigenvalue weighted by Gasteiger charge is -2.32. The number of hydrogen-bond donors (Lipinski definition) is 0. The summed E-state index contributed by atoms with van der Waals surface area (Å²) >= 11 is 1.48. The van der Waals surface area contributed by atoms with Crippen LogP contribution < -0.4 is 0 Å². The molecule has 0 spiro atoms. The van der Waals surface area contributed by atoms with Crippen LogP contribution in [0.15, 0.2) is 28.0 Å². The van der Waals surface area contributed by atoms with Crippen LogP contribution in [0.1, 0.15) is 29.6 Å². The van der Waals surface area contributed by atoms with Crippen molar-refractivity contribution >= 4 is 27.7 Å². The van der Waals surface area contributed by atoms with Gasteiger partial charge in [0, 0.05) is 44.2 Å². The van der Waals surface area contributed by atoms with Crippen LogP contribution in [0.25, 0.3) is 0 Å². The second kappa shape index (κ2) is 8.29. The Bertz CT molecular complexity index is 753. The second-order valence-corrected chi connectivity index (χ2v) is 9.71. The van der Waals surface area contributed by atoms with Crippen LogP contribution in [-0.4, -0.2) is 81.0 Å². The number of sulfonamides is 1. The number of carbonyl (C=O) groups is 1.